The summed E-state index contributed by atoms with van der Waals surface area (Å²) in [6, 6.07) is 13.6. The summed E-state index contributed by atoms with van der Waals surface area (Å²) >= 11 is 0. The molecule has 2 unspecified atom stereocenters. The van der Waals surface area contributed by atoms with Crippen molar-refractivity contribution in [2.45, 2.75) is 26.6 Å². The van der Waals surface area contributed by atoms with Crippen LogP contribution in [0, 0.1) is 5.92 Å². The number of aliphatic hydroxyl groups is 1. The molecule has 0 radical (unpaired) electrons. The molecule has 0 aliphatic rings. The lowest BCUT2D eigenvalue weighted by Crippen LogP contribution is -2.39. The number of hydrogen-bond acceptors (Lipinski definition) is 4. The van der Waals surface area contributed by atoms with Crippen LogP contribution in [0.2, 0.25) is 0 Å². The van der Waals surface area contributed by atoms with E-state index in [0.29, 0.717) is 43.9 Å². The van der Waals surface area contributed by atoms with E-state index in [1.165, 1.54) is 5.56 Å². The number of rotatable bonds is 10. The first-order valence-electron chi connectivity index (χ1n) is 9.04. The fraction of sp³-hybridized carbons (Fsp3) is 0.450. The van der Waals surface area contributed by atoms with Gasteiger partial charge in [0.2, 0.25) is 0 Å². The lowest BCUT2D eigenvalue weighted by molar-refractivity contribution is 0.0944. The van der Waals surface area contributed by atoms with E-state index < -0.39 is 6.10 Å². The van der Waals surface area contributed by atoms with Crippen molar-refractivity contribution in [1.82, 2.24) is 10.6 Å². The zero-order chi connectivity index (χ0) is 18.6. The van der Waals surface area contributed by atoms with Crippen LogP contribution < -0.4 is 10.6 Å². The zero-order valence-corrected chi connectivity index (χ0v) is 18.3. The van der Waals surface area contributed by atoms with Gasteiger partial charge in [0.1, 0.15) is 11.9 Å². The van der Waals surface area contributed by atoms with Crippen molar-refractivity contribution in [3.05, 3.63) is 60.1 Å². The van der Waals surface area contributed by atoms with Gasteiger partial charge in [0, 0.05) is 13.1 Å². The van der Waals surface area contributed by atoms with E-state index in [4.69, 9.17) is 9.15 Å². The highest BCUT2D eigenvalue weighted by Crippen LogP contribution is 2.11. The van der Waals surface area contributed by atoms with E-state index in [1.807, 2.05) is 25.1 Å². The standard InChI is InChI=1S/C20H29N3O3.HI/c1-3-21-20(23-13-18(24)19-10-7-11-26-19)22-12-16(2)14-25-15-17-8-5-4-6-9-17;/h4-11,16,18,24H,3,12-15H2,1-2H3,(H2,21,22,23);1H. The van der Waals surface area contributed by atoms with Gasteiger partial charge in [0.25, 0.3) is 0 Å². The van der Waals surface area contributed by atoms with Crippen molar-refractivity contribution in [3.63, 3.8) is 0 Å². The van der Waals surface area contributed by atoms with Crippen LogP contribution in [0.25, 0.3) is 0 Å². The van der Waals surface area contributed by atoms with Crippen LogP contribution >= 0.6 is 24.0 Å². The number of nitrogens with zero attached hydrogens (tertiary/aromatic N) is 1. The molecule has 6 nitrogen and oxygen atoms in total. The number of furan rings is 1. The summed E-state index contributed by atoms with van der Waals surface area (Å²) in [5, 5.41) is 16.4. The van der Waals surface area contributed by atoms with Crippen molar-refractivity contribution < 1.29 is 14.3 Å². The minimum absolute atomic E-state index is 0. The number of guanidine groups is 1. The molecule has 0 fully saturated rings. The van der Waals surface area contributed by atoms with Crippen molar-refractivity contribution >= 4 is 29.9 Å². The average molecular weight is 487 g/mol. The highest BCUT2D eigenvalue weighted by atomic mass is 127. The second kappa shape index (κ2) is 13.6. The lowest BCUT2D eigenvalue weighted by Gasteiger charge is -2.15. The number of benzene rings is 1. The maximum Gasteiger partial charge on any atom is 0.191 e. The molecule has 2 aromatic rings. The van der Waals surface area contributed by atoms with Gasteiger partial charge in [-0.3, -0.25) is 4.99 Å². The molecular formula is C20H30IN3O3. The summed E-state index contributed by atoms with van der Waals surface area (Å²) in [7, 11) is 0. The third-order valence-electron chi connectivity index (χ3n) is 3.75. The average Bonchev–Trinajstić information content (AvgIpc) is 3.19. The summed E-state index contributed by atoms with van der Waals surface area (Å²) in [6.45, 7) is 7.10. The van der Waals surface area contributed by atoms with Gasteiger partial charge < -0.3 is 24.9 Å². The molecule has 7 heteroatoms. The van der Waals surface area contributed by atoms with E-state index in [9.17, 15) is 5.11 Å². The predicted molar refractivity (Wildman–Crippen MR) is 118 cm³/mol. The Hall–Kier alpha value is -1.58. The molecule has 0 amide bonds. The minimum Gasteiger partial charge on any atom is -0.467 e. The van der Waals surface area contributed by atoms with Gasteiger partial charge in [0.05, 0.1) is 26.0 Å². The molecular weight excluding hydrogens is 457 g/mol. The van der Waals surface area contributed by atoms with Crippen molar-refractivity contribution in [1.29, 1.82) is 0 Å². The Morgan fingerprint density at radius 1 is 1.19 bits per heavy atom. The van der Waals surface area contributed by atoms with Gasteiger partial charge in [-0.05, 0) is 30.5 Å². The Balaban J connectivity index is 0.00000364. The Kier molecular flexibility index (Phi) is 11.8. The van der Waals surface area contributed by atoms with Gasteiger partial charge in [-0.1, -0.05) is 37.3 Å². The molecule has 27 heavy (non-hydrogen) atoms. The molecule has 150 valence electrons. The fourth-order valence-electron chi connectivity index (χ4n) is 2.37. The molecule has 0 spiro atoms. The quantitative estimate of drug-likeness (QED) is 0.272. The number of halogens is 1. The SMILES string of the molecule is CCNC(=NCC(C)COCc1ccccc1)NCC(O)c1ccco1.I. The topological polar surface area (TPSA) is 79.0 Å². The third-order valence-corrected chi connectivity index (χ3v) is 3.75. The summed E-state index contributed by atoms with van der Waals surface area (Å²) in [6.07, 6.45) is 0.843. The molecule has 2 atom stereocenters. The molecule has 1 aromatic carbocycles. The second-order valence-electron chi connectivity index (χ2n) is 6.24. The molecule has 1 aromatic heterocycles. The first kappa shape index (κ1) is 23.5. The van der Waals surface area contributed by atoms with E-state index in [-0.39, 0.29) is 24.0 Å². The predicted octanol–water partition coefficient (Wildman–Crippen LogP) is 3.34. The minimum atomic E-state index is -0.708. The summed E-state index contributed by atoms with van der Waals surface area (Å²) in [4.78, 5) is 4.57. The highest BCUT2D eigenvalue weighted by Gasteiger charge is 2.11. The van der Waals surface area contributed by atoms with Gasteiger partial charge >= 0.3 is 0 Å². The first-order chi connectivity index (χ1) is 12.7. The van der Waals surface area contributed by atoms with Crippen LogP contribution in [0.5, 0.6) is 0 Å². The maximum atomic E-state index is 10.1. The summed E-state index contributed by atoms with van der Waals surface area (Å²) < 4.78 is 11.0. The first-order valence-corrected chi connectivity index (χ1v) is 9.04. The van der Waals surface area contributed by atoms with Crippen LogP contribution in [0.3, 0.4) is 0 Å². The molecule has 3 N–H and O–H groups in total. The number of hydrogen-bond donors (Lipinski definition) is 3. The van der Waals surface area contributed by atoms with Crippen LogP contribution in [-0.2, 0) is 11.3 Å². The van der Waals surface area contributed by atoms with Gasteiger partial charge in [-0.2, -0.15) is 0 Å². The second-order valence-corrected chi connectivity index (χ2v) is 6.24. The normalized spacial score (nSPS) is 13.5. The molecule has 0 bridgehead atoms. The number of aliphatic hydroxyl groups excluding tert-OH is 1. The van der Waals surface area contributed by atoms with E-state index >= 15 is 0 Å². The Labute approximate surface area is 178 Å². The van der Waals surface area contributed by atoms with E-state index in [0.717, 1.165) is 6.54 Å². The summed E-state index contributed by atoms with van der Waals surface area (Å²) in [5.41, 5.74) is 1.17. The Bertz CT molecular complexity index is 635. The van der Waals surface area contributed by atoms with Crippen LogP contribution in [0.1, 0.15) is 31.3 Å². The van der Waals surface area contributed by atoms with Crippen molar-refractivity contribution in [2.24, 2.45) is 10.9 Å². The molecule has 0 saturated carbocycles. The molecule has 0 aliphatic carbocycles. The monoisotopic (exact) mass is 487 g/mol. The van der Waals surface area contributed by atoms with E-state index in [2.05, 4.69) is 34.7 Å². The summed E-state index contributed by atoms with van der Waals surface area (Å²) in [5.74, 6) is 1.51. The lowest BCUT2D eigenvalue weighted by atomic mass is 10.2. The number of ether oxygens (including phenoxy) is 1. The van der Waals surface area contributed by atoms with Crippen LogP contribution in [0.4, 0.5) is 0 Å². The largest absolute Gasteiger partial charge is 0.467 e. The molecule has 0 aliphatic heterocycles. The third kappa shape index (κ3) is 9.25. The van der Waals surface area contributed by atoms with Crippen molar-refractivity contribution in [3.8, 4) is 0 Å². The van der Waals surface area contributed by atoms with Gasteiger partial charge in [-0.15, -0.1) is 24.0 Å². The maximum absolute atomic E-state index is 10.1. The zero-order valence-electron chi connectivity index (χ0n) is 15.9. The molecule has 0 saturated heterocycles. The van der Waals surface area contributed by atoms with Gasteiger partial charge in [0.15, 0.2) is 5.96 Å². The van der Waals surface area contributed by atoms with Gasteiger partial charge in [-0.25, -0.2) is 0 Å². The molecule has 2 rings (SSSR count). The fourth-order valence-corrected chi connectivity index (χ4v) is 2.37. The number of nitrogens with one attached hydrogen (secondary N) is 2. The highest BCUT2D eigenvalue weighted by molar-refractivity contribution is 14.0. The Morgan fingerprint density at radius 3 is 2.63 bits per heavy atom. The van der Waals surface area contributed by atoms with Crippen molar-refractivity contribution in [2.75, 3.05) is 26.2 Å². The van der Waals surface area contributed by atoms with Crippen LogP contribution in [0.15, 0.2) is 58.1 Å². The number of aliphatic imine (C=N–C) groups is 1. The Morgan fingerprint density at radius 2 is 1.96 bits per heavy atom. The van der Waals surface area contributed by atoms with E-state index in [1.54, 1.807) is 18.4 Å². The smallest absolute Gasteiger partial charge is 0.191 e. The molecule has 1 heterocycles. The van der Waals surface area contributed by atoms with Crippen LogP contribution in [-0.4, -0.2) is 37.3 Å².